The number of nitrogens with one attached hydrogen (secondary N) is 1. The molecule has 0 amide bonds. The molecule has 1 aliphatic heterocycles. The van der Waals surface area contributed by atoms with Crippen LogP contribution in [0.15, 0.2) is 18.2 Å². The van der Waals surface area contributed by atoms with Gasteiger partial charge in [0.25, 0.3) is 0 Å². The summed E-state index contributed by atoms with van der Waals surface area (Å²) in [5.41, 5.74) is 1.06. The number of anilines is 1. The van der Waals surface area contributed by atoms with E-state index in [1.165, 1.54) is 6.07 Å². The summed E-state index contributed by atoms with van der Waals surface area (Å²) in [6.07, 6.45) is 0.350. The first-order valence-electron chi connectivity index (χ1n) is 3.95. The summed E-state index contributed by atoms with van der Waals surface area (Å²) in [5.74, 6) is -1.34. The minimum atomic E-state index is -0.949. The third kappa shape index (κ3) is 1.24. The second kappa shape index (κ2) is 2.73. The summed E-state index contributed by atoms with van der Waals surface area (Å²) in [4.78, 5) is 10.6. The molecule has 1 aromatic carbocycles. The summed E-state index contributed by atoms with van der Waals surface area (Å²) < 4.78 is 13.1. The van der Waals surface area contributed by atoms with Crippen molar-refractivity contribution in [1.82, 2.24) is 0 Å². The number of carbonyl (C=O) groups is 1. The van der Waals surface area contributed by atoms with Crippen LogP contribution in [0, 0.1) is 5.82 Å². The molecule has 0 bridgehead atoms. The van der Waals surface area contributed by atoms with E-state index in [-0.39, 0.29) is 5.82 Å². The van der Waals surface area contributed by atoms with Crippen molar-refractivity contribution >= 4 is 11.7 Å². The zero-order valence-electron chi connectivity index (χ0n) is 6.75. The second-order valence-corrected chi connectivity index (χ2v) is 3.01. The van der Waals surface area contributed by atoms with E-state index in [2.05, 4.69) is 5.32 Å². The molecule has 0 radical (unpaired) electrons. The molecule has 1 heterocycles. The van der Waals surface area contributed by atoms with Crippen molar-refractivity contribution in [3.8, 4) is 0 Å². The van der Waals surface area contributed by atoms with Crippen molar-refractivity contribution in [3.63, 3.8) is 0 Å². The van der Waals surface area contributed by atoms with Crippen molar-refractivity contribution < 1.29 is 14.3 Å². The second-order valence-electron chi connectivity index (χ2n) is 3.01. The fourth-order valence-corrected chi connectivity index (χ4v) is 1.49. The molecule has 4 heteroatoms. The van der Waals surface area contributed by atoms with Gasteiger partial charge in [0.15, 0.2) is 0 Å². The molecule has 3 nitrogen and oxygen atoms in total. The molecule has 2 N–H and O–H groups in total. The summed E-state index contributed by atoms with van der Waals surface area (Å²) in [7, 11) is 0. The monoisotopic (exact) mass is 181 g/mol. The smallest absolute Gasteiger partial charge is 0.326 e. The van der Waals surface area contributed by atoms with Crippen molar-refractivity contribution in [2.45, 2.75) is 12.5 Å². The topological polar surface area (TPSA) is 49.3 Å². The normalized spacial score (nSPS) is 19.3. The van der Waals surface area contributed by atoms with Crippen molar-refractivity contribution in [2.24, 2.45) is 0 Å². The van der Waals surface area contributed by atoms with E-state index in [0.29, 0.717) is 12.1 Å². The first-order chi connectivity index (χ1) is 6.18. The van der Waals surface area contributed by atoms with Gasteiger partial charge >= 0.3 is 5.97 Å². The lowest BCUT2D eigenvalue weighted by molar-refractivity contribution is -0.137. The van der Waals surface area contributed by atoms with Crippen LogP contribution < -0.4 is 5.32 Å². The number of aliphatic carboxylic acids is 1. The quantitative estimate of drug-likeness (QED) is 0.685. The van der Waals surface area contributed by atoms with Crippen LogP contribution in [-0.4, -0.2) is 17.1 Å². The molecule has 68 valence electrons. The van der Waals surface area contributed by atoms with Gasteiger partial charge in [0.2, 0.25) is 0 Å². The maximum absolute atomic E-state index is 13.1. The number of fused-ring (bicyclic) bond motifs is 1. The number of carboxylic acids is 1. The number of para-hydroxylation sites is 1. The molecule has 0 saturated carbocycles. The Morgan fingerprint density at radius 1 is 1.62 bits per heavy atom. The average Bonchev–Trinajstić information content (AvgIpc) is 2.49. The van der Waals surface area contributed by atoms with Gasteiger partial charge in [0.1, 0.15) is 11.9 Å². The Morgan fingerprint density at radius 3 is 3.00 bits per heavy atom. The van der Waals surface area contributed by atoms with Gasteiger partial charge in [-0.2, -0.15) is 0 Å². The Morgan fingerprint density at radius 2 is 2.38 bits per heavy atom. The lowest BCUT2D eigenvalue weighted by Crippen LogP contribution is -2.26. The van der Waals surface area contributed by atoms with Crippen LogP contribution in [0.25, 0.3) is 0 Å². The summed E-state index contributed by atoms with van der Waals surface area (Å²) in [6.45, 7) is 0. The van der Waals surface area contributed by atoms with Crippen LogP contribution in [0.2, 0.25) is 0 Å². The van der Waals surface area contributed by atoms with Gasteiger partial charge in [-0.3, -0.25) is 0 Å². The largest absolute Gasteiger partial charge is 0.480 e. The van der Waals surface area contributed by atoms with E-state index in [0.717, 1.165) is 5.56 Å². The van der Waals surface area contributed by atoms with Gasteiger partial charge in [-0.05, 0) is 11.6 Å². The van der Waals surface area contributed by atoms with E-state index in [4.69, 9.17) is 5.11 Å². The zero-order chi connectivity index (χ0) is 9.42. The van der Waals surface area contributed by atoms with E-state index in [9.17, 15) is 9.18 Å². The average molecular weight is 181 g/mol. The van der Waals surface area contributed by atoms with Gasteiger partial charge in [0, 0.05) is 6.42 Å². The highest BCUT2D eigenvalue weighted by molar-refractivity contribution is 5.81. The predicted molar refractivity (Wildman–Crippen MR) is 45.2 cm³/mol. The first kappa shape index (κ1) is 8.04. The van der Waals surface area contributed by atoms with Crippen molar-refractivity contribution in [2.75, 3.05) is 5.32 Å². The predicted octanol–water partition coefficient (Wildman–Crippen LogP) is 1.25. The molecular weight excluding hydrogens is 173 g/mol. The summed E-state index contributed by atoms with van der Waals surface area (Å²) >= 11 is 0. The Bertz CT molecular complexity index is 365. The standard InChI is InChI=1S/C9H8FNO2/c10-6-3-1-2-5-4-7(9(12)13)11-8(5)6/h1-3,7,11H,4H2,(H,12,13)/t7-/m0/s1. The van der Waals surface area contributed by atoms with Crippen LogP contribution in [0.1, 0.15) is 5.56 Å². The summed E-state index contributed by atoms with van der Waals surface area (Å²) in [5, 5.41) is 11.3. The molecule has 0 spiro atoms. The van der Waals surface area contributed by atoms with Gasteiger partial charge < -0.3 is 10.4 Å². The number of rotatable bonds is 1. The maximum Gasteiger partial charge on any atom is 0.326 e. The molecule has 1 atom stereocenters. The molecule has 0 aromatic heterocycles. The molecule has 0 fully saturated rings. The number of halogens is 1. The van der Waals surface area contributed by atoms with Crippen molar-refractivity contribution in [1.29, 1.82) is 0 Å². The molecule has 13 heavy (non-hydrogen) atoms. The van der Waals surface area contributed by atoms with E-state index < -0.39 is 12.0 Å². The zero-order valence-corrected chi connectivity index (χ0v) is 6.75. The lowest BCUT2D eigenvalue weighted by atomic mass is 10.1. The molecule has 0 unspecified atom stereocenters. The summed E-state index contributed by atoms with van der Waals surface area (Å²) in [6, 6.07) is 3.94. The molecule has 0 saturated heterocycles. The third-order valence-corrected chi connectivity index (χ3v) is 2.14. The minimum absolute atomic E-state index is 0.329. The van der Waals surface area contributed by atoms with Crippen LogP contribution in [0.3, 0.4) is 0 Å². The fraction of sp³-hybridized carbons (Fsp3) is 0.222. The molecule has 2 rings (SSSR count). The van der Waals surface area contributed by atoms with Gasteiger partial charge in [0.05, 0.1) is 5.69 Å². The first-order valence-corrected chi connectivity index (χ1v) is 3.95. The fourth-order valence-electron chi connectivity index (χ4n) is 1.49. The Hall–Kier alpha value is -1.58. The highest BCUT2D eigenvalue weighted by Crippen LogP contribution is 2.28. The van der Waals surface area contributed by atoms with E-state index >= 15 is 0 Å². The van der Waals surface area contributed by atoms with Gasteiger partial charge in [-0.25, -0.2) is 9.18 Å². The molecular formula is C9H8FNO2. The number of hydrogen-bond acceptors (Lipinski definition) is 2. The highest BCUT2D eigenvalue weighted by Gasteiger charge is 2.27. The van der Waals surface area contributed by atoms with E-state index in [1.807, 2.05) is 0 Å². The third-order valence-electron chi connectivity index (χ3n) is 2.14. The van der Waals surface area contributed by atoms with Gasteiger partial charge in [-0.15, -0.1) is 0 Å². The number of hydrogen-bond donors (Lipinski definition) is 2. The SMILES string of the molecule is O=C(O)[C@@H]1Cc2cccc(F)c2N1. The molecule has 0 aliphatic carbocycles. The maximum atomic E-state index is 13.1. The number of benzene rings is 1. The van der Waals surface area contributed by atoms with Crippen molar-refractivity contribution in [3.05, 3.63) is 29.6 Å². The Kier molecular flexibility index (Phi) is 1.69. The lowest BCUT2D eigenvalue weighted by Gasteiger charge is -2.04. The van der Waals surface area contributed by atoms with Crippen LogP contribution in [-0.2, 0) is 11.2 Å². The molecule has 1 aliphatic rings. The van der Waals surface area contributed by atoms with E-state index in [1.54, 1.807) is 12.1 Å². The van der Waals surface area contributed by atoms with Crippen LogP contribution >= 0.6 is 0 Å². The Balaban J connectivity index is 2.35. The minimum Gasteiger partial charge on any atom is -0.480 e. The van der Waals surface area contributed by atoms with Crippen LogP contribution in [0.4, 0.5) is 10.1 Å². The van der Waals surface area contributed by atoms with Gasteiger partial charge in [-0.1, -0.05) is 12.1 Å². The Labute approximate surface area is 74.2 Å². The van der Waals surface area contributed by atoms with Crippen LogP contribution in [0.5, 0.6) is 0 Å². The number of carboxylic acid groups (broad SMARTS) is 1. The molecule has 1 aromatic rings. The highest BCUT2D eigenvalue weighted by atomic mass is 19.1.